The van der Waals surface area contributed by atoms with Gasteiger partial charge in [0.1, 0.15) is 22.7 Å². The standard InChI is InChI=1S/C32H40ClO3P/c1-27(2)21-15-17-29(5,19-21)31(27)23-11-7-9-13-25(23)34-26-14-10-8-12-24(26)32(36-37(33)35-31)28(3,4)22-16-18-30(32,6)20-22/h7-14,21-22H,15-20H2,1-6H3. The Morgan fingerprint density at radius 3 is 1.46 bits per heavy atom. The molecule has 198 valence electrons. The highest BCUT2D eigenvalue weighted by atomic mass is 35.7. The van der Waals surface area contributed by atoms with E-state index in [1.54, 1.807) is 0 Å². The van der Waals surface area contributed by atoms with Gasteiger partial charge < -0.3 is 13.8 Å². The predicted octanol–water partition coefficient (Wildman–Crippen LogP) is 10.1. The van der Waals surface area contributed by atoms with Gasteiger partial charge in [-0.1, -0.05) is 77.9 Å². The first kappa shape index (κ1) is 24.9. The molecule has 0 radical (unpaired) electrons. The molecule has 0 saturated heterocycles. The molecule has 1 heterocycles. The zero-order valence-corrected chi connectivity index (χ0v) is 24.7. The van der Waals surface area contributed by atoms with Gasteiger partial charge in [-0.15, -0.1) is 0 Å². The SMILES string of the molecule is CC12CCC(C1)C(C)(C)C21OP(Cl)OC2(c3ccccc3Oc3ccccc31)C1(C)CCC(C1)C2(C)C. The Hall–Kier alpha value is -1.12. The first-order valence-electron chi connectivity index (χ1n) is 14.1. The van der Waals surface area contributed by atoms with Gasteiger partial charge in [0.2, 0.25) is 0 Å². The summed E-state index contributed by atoms with van der Waals surface area (Å²) in [6, 6.07) is 17.1. The minimum Gasteiger partial charge on any atom is -0.457 e. The van der Waals surface area contributed by atoms with Crippen molar-refractivity contribution in [1.29, 1.82) is 0 Å². The van der Waals surface area contributed by atoms with Gasteiger partial charge in [0.05, 0.1) is 0 Å². The van der Waals surface area contributed by atoms with Crippen molar-refractivity contribution in [3.05, 3.63) is 59.7 Å². The van der Waals surface area contributed by atoms with E-state index in [2.05, 4.69) is 90.1 Å². The van der Waals surface area contributed by atoms with Crippen LogP contribution in [0.15, 0.2) is 48.5 Å². The lowest BCUT2D eigenvalue weighted by Crippen LogP contribution is -2.55. The molecule has 4 aliphatic carbocycles. The molecule has 0 N–H and O–H groups in total. The summed E-state index contributed by atoms with van der Waals surface area (Å²) in [5.74, 6) is 2.93. The number of hydrogen-bond acceptors (Lipinski definition) is 3. The van der Waals surface area contributed by atoms with Gasteiger partial charge in [0, 0.05) is 32.8 Å². The maximum absolute atomic E-state index is 7.42. The summed E-state index contributed by atoms with van der Waals surface area (Å²) in [5, 5.41) is 0. The minimum absolute atomic E-state index is 0.0422. The van der Waals surface area contributed by atoms with Gasteiger partial charge in [-0.25, -0.2) is 0 Å². The van der Waals surface area contributed by atoms with Crippen LogP contribution < -0.4 is 4.74 Å². The topological polar surface area (TPSA) is 27.7 Å². The molecule has 5 aliphatic rings. The highest BCUT2D eigenvalue weighted by molar-refractivity contribution is 7.76. The zero-order valence-electron chi connectivity index (χ0n) is 23.1. The van der Waals surface area contributed by atoms with Crippen LogP contribution >= 0.6 is 19.0 Å². The van der Waals surface area contributed by atoms with E-state index in [0.717, 1.165) is 48.3 Å². The average molecular weight is 539 g/mol. The summed E-state index contributed by atoms with van der Waals surface area (Å²) in [6.45, 7) is 14.4. The van der Waals surface area contributed by atoms with Gasteiger partial charge in [0.25, 0.3) is 7.73 Å². The molecule has 0 aromatic heterocycles. The Morgan fingerprint density at radius 2 is 1.08 bits per heavy atom. The number of rotatable bonds is 0. The van der Waals surface area contributed by atoms with Crippen LogP contribution in [0.25, 0.3) is 0 Å². The van der Waals surface area contributed by atoms with Gasteiger partial charge in [-0.3, -0.25) is 0 Å². The molecule has 2 aromatic carbocycles. The van der Waals surface area contributed by atoms with Crippen LogP contribution in [0, 0.1) is 33.5 Å². The number of benzene rings is 2. The quantitative estimate of drug-likeness (QED) is 0.312. The van der Waals surface area contributed by atoms with Crippen LogP contribution in [0.3, 0.4) is 0 Å². The molecule has 2 spiro atoms. The molecule has 5 heteroatoms. The molecule has 1 aliphatic heterocycles. The van der Waals surface area contributed by atoms with Crippen molar-refractivity contribution in [2.75, 3.05) is 0 Å². The number of ether oxygens (including phenoxy) is 1. The maximum atomic E-state index is 7.42. The molecular weight excluding hydrogens is 499 g/mol. The Labute approximate surface area is 228 Å². The molecule has 4 bridgehead atoms. The van der Waals surface area contributed by atoms with E-state index in [4.69, 9.17) is 25.0 Å². The fourth-order valence-corrected chi connectivity index (χ4v) is 12.6. The Kier molecular flexibility index (Phi) is 5.07. The van der Waals surface area contributed by atoms with Crippen LogP contribution in [0.1, 0.15) is 91.2 Å². The lowest BCUT2D eigenvalue weighted by atomic mass is 9.57. The van der Waals surface area contributed by atoms with Gasteiger partial charge in [-0.05, 0) is 73.7 Å². The van der Waals surface area contributed by atoms with Crippen LogP contribution in [0.5, 0.6) is 11.5 Å². The largest absolute Gasteiger partial charge is 0.457 e. The smallest absolute Gasteiger partial charge is 0.278 e. The molecule has 4 fully saturated rings. The fraction of sp³-hybridized carbons (Fsp3) is 0.625. The van der Waals surface area contributed by atoms with E-state index < -0.39 is 18.9 Å². The van der Waals surface area contributed by atoms with Crippen LogP contribution in [-0.2, 0) is 20.2 Å². The third-order valence-electron chi connectivity index (χ3n) is 12.2. The van der Waals surface area contributed by atoms with Crippen LogP contribution in [0.4, 0.5) is 0 Å². The molecule has 7 rings (SSSR count). The normalized spacial score (nSPS) is 44.6. The highest BCUT2D eigenvalue weighted by Gasteiger charge is 2.75. The van der Waals surface area contributed by atoms with Crippen molar-refractivity contribution in [1.82, 2.24) is 0 Å². The van der Waals surface area contributed by atoms with Gasteiger partial charge in [-0.2, -0.15) is 0 Å². The molecule has 37 heavy (non-hydrogen) atoms. The first-order valence-corrected chi connectivity index (χ1v) is 16.2. The summed E-state index contributed by atoms with van der Waals surface area (Å²) in [5.41, 5.74) is 0.734. The van der Waals surface area contributed by atoms with E-state index in [9.17, 15) is 0 Å². The molecule has 3 nitrogen and oxygen atoms in total. The van der Waals surface area contributed by atoms with E-state index in [0.29, 0.717) is 11.8 Å². The van der Waals surface area contributed by atoms with E-state index in [-0.39, 0.29) is 21.7 Å². The summed E-state index contributed by atoms with van der Waals surface area (Å²) in [6.07, 6.45) is 7.00. The number of fused-ring (bicyclic) bond motifs is 10. The van der Waals surface area contributed by atoms with Crippen molar-refractivity contribution in [2.24, 2.45) is 33.5 Å². The lowest BCUT2D eigenvalue weighted by Gasteiger charge is -2.58. The zero-order chi connectivity index (χ0) is 26.1. The molecule has 4 saturated carbocycles. The van der Waals surface area contributed by atoms with E-state index in [1.165, 1.54) is 12.8 Å². The van der Waals surface area contributed by atoms with Crippen LogP contribution in [0.2, 0.25) is 0 Å². The van der Waals surface area contributed by atoms with Crippen molar-refractivity contribution in [2.45, 2.75) is 91.3 Å². The van der Waals surface area contributed by atoms with Crippen LogP contribution in [-0.4, -0.2) is 0 Å². The predicted molar refractivity (Wildman–Crippen MR) is 150 cm³/mol. The average Bonchev–Trinajstić information content (AvgIpc) is 3.53. The fourth-order valence-electron chi connectivity index (χ4n) is 10.4. The van der Waals surface area contributed by atoms with Crippen molar-refractivity contribution < 1.29 is 13.8 Å². The second kappa shape index (κ2) is 7.54. The summed E-state index contributed by atoms with van der Waals surface area (Å²) in [4.78, 5) is 0. The minimum atomic E-state index is -1.72. The lowest BCUT2D eigenvalue weighted by molar-refractivity contribution is -0.161. The molecule has 0 amide bonds. The van der Waals surface area contributed by atoms with Crippen molar-refractivity contribution >= 4 is 19.0 Å². The maximum Gasteiger partial charge on any atom is 0.278 e. The molecular formula is C32H40ClO3P. The molecule has 2 aromatic rings. The number of halogens is 1. The highest BCUT2D eigenvalue weighted by Crippen LogP contribution is 2.81. The third kappa shape index (κ3) is 2.76. The molecule has 6 atom stereocenters. The summed E-state index contributed by atoms with van der Waals surface area (Å²) < 4.78 is 21.7. The summed E-state index contributed by atoms with van der Waals surface area (Å²) >= 11 is 7.42. The Morgan fingerprint density at radius 1 is 0.676 bits per heavy atom. The summed E-state index contributed by atoms with van der Waals surface area (Å²) in [7, 11) is -1.72. The van der Waals surface area contributed by atoms with Crippen molar-refractivity contribution in [3.8, 4) is 11.5 Å². The van der Waals surface area contributed by atoms with Gasteiger partial charge >= 0.3 is 0 Å². The number of para-hydroxylation sites is 2. The van der Waals surface area contributed by atoms with Gasteiger partial charge in [0.15, 0.2) is 0 Å². The Balaban J connectivity index is 1.52. The number of hydrogen-bond donors (Lipinski definition) is 0. The Bertz CT molecular complexity index is 1170. The van der Waals surface area contributed by atoms with E-state index in [1.807, 2.05) is 0 Å². The first-order chi connectivity index (χ1) is 17.4. The second-order valence-corrected chi connectivity index (χ2v) is 15.9. The second-order valence-electron chi connectivity index (χ2n) is 14.3. The van der Waals surface area contributed by atoms with E-state index >= 15 is 0 Å². The monoisotopic (exact) mass is 538 g/mol. The molecule has 6 unspecified atom stereocenters. The third-order valence-corrected chi connectivity index (χ3v) is 13.5. The van der Waals surface area contributed by atoms with Crippen molar-refractivity contribution in [3.63, 3.8) is 0 Å².